The van der Waals surface area contributed by atoms with Crippen molar-refractivity contribution in [2.75, 3.05) is 11.9 Å². The minimum Gasteiger partial charge on any atom is -0.492 e. The number of hydrogen-bond acceptors (Lipinski definition) is 5. The van der Waals surface area contributed by atoms with Gasteiger partial charge in [0, 0.05) is 17.0 Å². The van der Waals surface area contributed by atoms with Gasteiger partial charge in [0.2, 0.25) is 11.8 Å². The zero-order valence-electron chi connectivity index (χ0n) is 13.4. The molecule has 1 aromatic carbocycles. The average molecular weight is 325 g/mol. The number of anilines is 1. The van der Waals surface area contributed by atoms with Crippen LogP contribution in [0.5, 0.6) is 17.4 Å². The first kappa shape index (κ1) is 15.0. The van der Waals surface area contributed by atoms with Crippen molar-refractivity contribution in [2.45, 2.75) is 31.2 Å². The lowest BCUT2D eigenvalue weighted by Gasteiger charge is -2.12. The smallest absolute Gasteiger partial charge is 0.241 e. The van der Waals surface area contributed by atoms with Crippen LogP contribution in [-0.2, 0) is 10.2 Å². The largest absolute Gasteiger partial charge is 0.492 e. The summed E-state index contributed by atoms with van der Waals surface area (Å²) in [4.78, 5) is 15.8. The molecule has 0 unspecified atom stereocenters. The third-order valence-electron chi connectivity index (χ3n) is 4.51. The molecule has 1 fully saturated rings. The average Bonchev–Trinajstić information content (AvgIpc) is 3.25. The molecule has 2 aliphatic rings. The third-order valence-corrected chi connectivity index (χ3v) is 4.51. The van der Waals surface area contributed by atoms with Gasteiger partial charge < -0.3 is 20.5 Å². The van der Waals surface area contributed by atoms with Crippen LogP contribution in [0.15, 0.2) is 36.5 Å². The van der Waals surface area contributed by atoms with Crippen molar-refractivity contribution in [1.29, 1.82) is 0 Å². The minimum atomic E-state index is -0.567. The summed E-state index contributed by atoms with van der Waals surface area (Å²) < 4.78 is 11.8. The summed E-state index contributed by atoms with van der Waals surface area (Å²) in [6.07, 6.45) is 3.83. The lowest BCUT2D eigenvalue weighted by atomic mass is 9.97. The molecule has 2 heterocycles. The predicted octanol–water partition coefficient (Wildman–Crippen LogP) is 2.58. The molecule has 3 N–H and O–H groups in total. The van der Waals surface area contributed by atoms with Crippen molar-refractivity contribution in [3.63, 3.8) is 0 Å². The zero-order valence-corrected chi connectivity index (χ0v) is 13.4. The van der Waals surface area contributed by atoms with E-state index in [2.05, 4.69) is 10.3 Å². The molecule has 0 saturated heterocycles. The van der Waals surface area contributed by atoms with Crippen molar-refractivity contribution >= 4 is 11.6 Å². The van der Waals surface area contributed by atoms with Gasteiger partial charge >= 0.3 is 0 Å². The molecule has 1 aliphatic carbocycles. The van der Waals surface area contributed by atoms with Crippen LogP contribution in [0, 0.1) is 0 Å². The van der Waals surface area contributed by atoms with Crippen LogP contribution in [0.4, 0.5) is 5.69 Å². The molecule has 0 radical (unpaired) electrons. The number of fused-ring (bicyclic) bond motifs is 2. The topological polar surface area (TPSA) is 86.5 Å². The highest BCUT2D eigenvalue weighted by Gasteiger charge is 2.52. The Morgan fingerprint density at radius 2 is 2.21 bits per heavy atom. The molecule has 1 aromatic heterocycles. The normalized spacial score (nSPS) is 17.8. The number of carbonyl (C=O) groups is 1. The van der Waals surface area contributed by atoms with Gasteiger partial charge in [0.05, 0.1) is 24.5 Å². The van der Waals surface area contributed by atoms with Crippen LogP contribution >= 0.6 is 0 Å². The van der Waals surface area contributed by atoms with Crippen molar-refractivity contribution in [3.8, 4) is 17.4 Å². The van der Waals surface area contributed by atoms with E-state index in [0.717, 1.165) is 36.5 Å². The van der Waals surface area contributed by atoms with Gasteiger partial charge in [-0.3, -0.25) is 4.79 Å². The molecular formula is C18H19N3O3. The molecule has 24 heavy (non-hydrogen) atoms. The third kappa shape index (κ3) is 2.59. The standard InChI is InChI=1S/C18H19N3O3/c1-11(19)17(22)21-12-5-6-15(20-9-12)24-14-4-2-3-13-16(14)18(7-8-18)10-23-13/h2-6,9,11H,7-8,10,19H2,1H3,(H,21,22)/t11-/m1/s1. The number of ether oxygens (including phenoxy) is 2. The van der Waals surface area contributed by atoms with Crippen molar-refractivity contribution in [1.82, 2.24) is 4.98 Å². The Kier molecular flexibility index (Phi) is 3.42. The summed E-state index contributed by atoms with van der Waals surface area (Å²) in [5.41, 5.74) is 7.41. The van der Waals surface area contributed by atoms with Crippen molar-refractivity contribution in [3.05, 3.63) is 42.1 Å². The molecule has 6 nitrogen and oxygen atoms in total. The van der Waals surface area contributed by atoms with Gasteiger partial charge in [-0.05, 0) is 38.0 Å². The predicted molar refractivity (Wildman–Crippen MR) is 89.4 cm³/mol. The maximum Gasteiger partial charge on any atom is 0.241 e. The molecule has 6 heteroatoms. The monoisotopic (exact) mass is 325 g/mol. The Hall–Kier alpha value is -2.60. The second-order valence-electron chi connectivity index (χ2n) is 6.46. The van der Waals surface area contributed by atoms with Gasteiger partial charge in [-0.15, -0.1) is 0 Å². The van der Waals surface area contributed by atoms with E-state index in [1.54, 1.807) is 25.3 Å². The Morgan fingerprint density at radius 3 is 2.88 bits per heavy atom. The van der Waals surface area contributed by atoms with Gasteiger partial charge in [0.25, 0.3) is 0 Å². The van der Waals surface area contributed by atoms with E-state index < -0.39 is 6.04 Å². The van der Waals surface area contributed by atoms with Crippen LogP contribution in [0.2, 0.25) is 0 Å². The van der Waals surface area contributed by atoms with Crippen molar-refractivity contribution in [2.24, 2.45) is 5.73 Å². The van der Waals surface area contributed by atoms with E-state index in [0.29, 0.717) is 11.6 Å². The molecule has 1 aliphatic heterocycles. The maximum atomic E-state index is 11.6. The van der Waals surface area contributed by atoms with E-state index >= 15 is 0 Å². The van der Waals surface area contributed by atoms with E-state index in [1.165, 1.54) is 0 Å². The Labute approximate surface area is 140 Å². The Bertz CT molecular complexity index is 783. The second kappa shape index (κ2) is 5.49. The SMILES string of the molecule is C[C@@H](N)C(=O)Nc1ccc(Oc2cccc3c2C2(CC2)CO3)nc1. The van der Waals surface area contributed by atoms with Gasteiger partial charge in [-0.1, -0.05) is 6.07 Å². The number of hydrogen-bond donors (Lipinski definition) is 2. The number of rotatable bonds is 4. The molecule has 0 bridgehead atoms. The molecule has 1 amide bonds. The van der Waals surface area contributed by atoms with E-state index in [-0.39, 0.29) is 11.3 Å². The van der Waals surface area contributed by atoms with Gasteiger partial charge in [0.15, 0.2) is 0 Å². The fraction of sp³-hybridized carbons (Fsp3) is 0.333. The number of aromatic nitrogens is 1. The molecule has 1 spiro atoms. The van der Waals surface area contributed by atoms with E-state index in [9.17, 15) is 4.79 Å². The summed E-state index contributed by atoms with van der Waals surface area (Å²) in [5, 5.41) is 2.70. The Morgan fingerprint density at radius 1 is 1.38 bits per heavy atom. The summed E-state index contributed by atoms with van der Waals surface area (Å²) in [6, 6.07) is 8.76. The maximum absolute atomic E-state index is 11.6. The van der Waals surface area contributed by atoms with Crippen LogP contribution in [-0.4, -0.2) is 23.5 Å². The summed E-state index contributed by atoms with van der Waals surface area (Å²) >= 11 is 0. The quantitative estimate of drug-likeness (QED) is 0.902. The molecule has 2 aromatic rings. The van der Waals surface area contributed by atoms with Gasteiger partial charge in [-0.2, -0.15) is 0 Å². The first-order valence-electron chi connectivity index (χ1n) is 8.04. The van der Waals surface area contributed by atoms with Gasteiger partial charge in [-0.25, -0.2) is 4.98 Å². The summed E-state index contributed by atoms with van der Waals surface area (Å²) in [7, 11) is 0. The summed E-state index contributed by atoms with van der Waals surface area (Å²) in [5.74, 6) is 1.93. The number of nitrogens with one attached hydrogen (secondary N) is 1. The molecule has 4 rings (SSSR count). The zero-order chi connectivity index (χ0) is 16.7. The number of amides is 1. The lowest BCUT2D eigenvalue weighted by Crippen LogP contribution is -2.32. The number of pyridine rings is 1. The summed E-state index contributed by atoms with van der Waals surface area (Å²) in [6.45, 7) is 2.37. The highest BCUT2D eigenvalue weighted by Crippen LogP contribution is 2.58. The van der Waals surface area contributed by atoms with Crippen LogP contribution < -0.4 is 20.5 Å². The number of nitrogens with two attached hydrogens (primary N) is 1. The molecule has 1 saturated carbocycles. The van der Waals surface area contributed by atoms with Crippen LogP contribution in [0.3, 0.4) is 0 Å². The minimum absolute atomic E-state index is 0.136. The fourth-order valence-electron chi connectivity index (χ4n) is 2.96. The number of benzene rings is 1. The first-order chi connectivity index (χ1) is 11.6. The first-order valence-corrected chi connectivity index (χ1v) is 8.04. The fourth-order valence-corrected chi connectivity index (χ4v) is 2.96. The second-order valence-corrected chi connectivity index (χ2v) is 6.46. The molecular weight excluding hydrogens is 306 g/mol. The lowest BCUT2D eigenvalue weighted by molar-refractivity contribution is -0.117. The van der Waals surface area contributed by atoms with Gasteiger partial charge in [0.1, 0.15) is 11.5 Å². The van der Waals surface area contributed by atoms with Crippen molar-refractivity contribution < 1.29 is 14.3 Å². The number of nitrogens with zero attached hydrogens (tertiary/aromatic N) is 1. The van der Waals surface area contributed by atoms with Crippen LogP contribution in [0.25, 0.3) is 0 Å². The van der Waals surface area contributed by atoms with E-state index in [4.69, 9.17) is 15.2 Å². The molecule has 1 atom stereocenters. The highest BCUT2D eigenvalue weighted by molar-refractivity contribution is 5.94. The molecule has 124 valence electrons. The van der Waals surface area contributed by atoms with E-state index in [1.807, 2.05) is 18.2 Å². The highest BCUT2D eigenvalue weighted by atomic mass is 16.5. The number of carbonyl (C=O) groups excluding carboxylic acids is 1. The van der Waals surface area contributed by atoms with Crippen LogP contribution in [0.1, 0.15) is 25.3 Å². The Balaban J connectivity index is 1.53.